The molecule has 3 rings (SSSR count). The molecule has 4 nitrogen and oxygen atoms in total. The van der Waals surface area contributed by atoms with Gasteiger partial charge in [-0.25, -0.2) is 12.8 Å². The maximum atomic E-state index is 12.8. The van der Waals surface area contributed by atoms with Gasteiger partial charge in [0.25, 0.3) is 0 Å². The van der Waals surface area contributed by atoms with Gasteiger partial charge in [0.05, 0.1) is 23.2 Å². The van der Waals surface area contributed by atoms with Gasteiger partial charge in [0.15, 0.2) is 0 Å². The summed E-state index contributed by atoms with van der Waals surface area (Å²) < 4.78 is 39.6. The third-order valence-electron chi connectivity index (χ3n) is 3.13. The second kappa shape index (κ2) is 5.73. The number of hydrogen-bond donors (Lipinski definition) is 1. The SMILES string of the molecule is O=S(=O)(Cc1ccc(F)cc1)Nc1cnc2ccccc2c1. The number of pyridine rings is 1. The predicted octanol–water partition coefficient (Wildman–Crippen LogP) is 3.32. The van der Waals surface area contributed by atoms with Crippen molar-refractivity contribution in [2.45, 2.75) is 5.75 Å². The molecule has 112 valence electrons. The van der Waals surface area contributed by atoms with Crippen molar-refractivity contribution in [3.8, 4) is 0 Å². The van der Waals surface area contributed by atoms with Crippen molar-refractivity contribution in [2.75, 3.05) is 4.72 Å². The molecule has 6 heteroatoms. The standard InChI is InChI=1S/C16H13FN2O2S/c17-14-7-5-12(6-8-14)11-22(20,21)19-15-9-13-3-1-2-4-16(13)18-10-15/h1-10,19H,11H2. The maximum absolute atomic E-state index is 12.8. The van der Waals surface area contributed by atoms with Gasteiger partial charge < -0.3 is 0 Å². The van der Waals surface area contributed by atoms with Gasteiger partial charge in [-0.3, -0.25) is 9.71 Å². The lowest BCUT2D eigenvalue weighted by molar-refractivity contribution is 0.600. The average molecular weight is 316 g/mol. The van der Waals surface area contributed by atoms with Gasteiger partial charge in [0.2, 0.25) is 10.0 Å². The van der Waals surface area contributed by atoms with E-state index in [1.54, 1.807) is 6.07 Å². The van der Waals surface area contributed by atoms with Gasteiger partial charge in [0.1, 0.15) is 5.82 Å². The Morgan fingerprint density at radius 1 is 1.05 bits per heavy atom. The first-order valence-corrected chi connectivity index (χ1v) is 8.27. The molecule has 1 N–H and O–H groups in total. The Morgan fingerprint density at radius 2 is 1.77 bits per heavy atom. The van der Waals surface area contributed by atoms with Crippen molar-refractivity contribution in [3.05, 3.63) is 72.2 Å². The number of halogens is 1. The van der Waals surface area contributed by atoms with E-state index in [2.05, 4.69) is 9.71 Å². The van der Waals surface area contributed by atoms with Crippen LogP contribution in [0.2, 0.25) is 0 Å². The van der Waals surface area contributed by atoms with Crippen molar-refractivity contribution in [1.29, 1.82) is 0 Å². The fraction of sp³-hybridized carbons (Fsp3) is 0.0625. The molecule has 0 amide bonds. The molecule has 2 aromatic carbocycles. The van der Waals surface area contributed by atoms with Crippen LogP contribution < -0.4 is 4.72 Å². The lowest BCUT2D eigenvalue weighted by Gasteiger charge is -2.08. The number of nitrogens with one attached hydrogen (secondary N) is 1. The van der Waals surface area contributed by atoms with Crippen LogP contribution in [0.15, 0.2) is 60.8 Å². The van der Waals surface area contributed by atoms with Crippen LogP contribution in [0.1, 0.15) is 5.56 Å². The minimum Gasteiger partial charge on any atom is -0.282 e. The van der Waals surface area contributed by atoms with Crippen LogP contribution in [0.3, 0.4) is 0 Å². The molecule has 0 radical (unpaired) electrons. The summed E-state index contributed by atoms with van der Waals surface area (Å²) in [5, 5.41) is 0.851. The molecule has 0 spiro atoms. The second-order valence-corrected chi connectivity index (χ2v) is 6.63. The van der Waals surface area contributed by atoms with Crippen molar-refractivity contribution in [1.82, 2.24) is 4.98 Å². The first-order chi connectivity index (χ1) is 10.5. The van der Waals surface area contributed by atoms with E-state index >= 15 is 0 Å². The van der Waals surface area contributed by atoms with Crippen molar-refractivity contribution >= 4 is 26.6 Å². The molecule has 1 aromatic heterocycles. The van der Waals surface area contributed by atoms with E-state index in [-0.39, 0.29) is 5.75 Å². The normalized spacial score (nSPS) is 11.5. The van der Waals surface area contributed by atoms with E-state index in [9.17, 15) is 12.8 Å². The topological polar surface area (TPSA) is 59.1 Å². The Morgan fingerprint density at radius 3 is 2.55 bits per heavy atom. The number of anilines is 1. The van der Waals surface area contributed by atoms with Crippen LogP contribution in [0.4, 0.5) is 10.1 Å². The van der Waals surface area contributed by atoms with E-state index in [1.807, 2.05) is 24.3 Å². The summed E-state index contributed by atoms with van der Waals surface area (Å²) in [6, 6.07) is 14.6. The molecule has 0 saturated heterocycles. The zero-order valence-electron chi connectivity index (χ0n) is 11.5. The number of para-hydroxylation sites is 1. The molecular weight excluding hydrogens is 303 g/mol. The van der Waals surface area contributed by atoms with E-state index in [4.69, 9.17) is 0 Å². The molecule has 0 aliphatic heterocycles. The van der Waals surface area contributed by atoms with E-state index in [0.717, 1.165) is 10.9 Å². The van der Waals surface area contributed by atoms with E-state index in [1.165, 1.54) is 30.5 Å². The summed E-state index contributed by atoms with van der Waals surface area (Å²) in [7, 11) is -3.58. The van der Waals surface area contributed by atoms with Gasteiger partial charge in [-0.15, -0.1) is 0 Å². The summed E-state index contributed by atoms with van der Waals surface area (Å²) in [6.07, 6.45) is 1.48. The van der Waals surface area contributed by atoms with Gasteiger partial charge in [-0.1, -0.05) is 30.3 Å². The molecule has 0 bridgehead atoms. The lowest BCUT2D eigenvalue weighted by atomic mass is 10.2. The van der Waals surface area contributed by atoms with Crippen LogP contribution in [0, 0.1) is 5.82 Å². The molecule has 22 heavy (non-hydrogen) atoms. The quantitative estimate of drug-likeness (QED) is 0.803. The van der Waals surface area contributed by atoms with E-state index < -0.39 is 15.8 Å². The van der Waals surface area contributed by atoms with Crippen LogP contribution in [0.25, 0.3) is 10.9 Å². The molecule has 0 fully saturated rings. The van der Waals surface area contributed by atoms with Gasteiger partial charge >= 0.3 is 0 Å². The summed E-state index contributed by atoms with van der Waals surface area (Å²) in [5.41, 5.74) is 1.72. The number of fused-ring (bicyclic) bond motifs is 1. The minimum absolute atomic E-state index is 0.222. The number of rotatable bonds is 4. The molecular formula is C16H13FN2O2S. The van der Waals surface area contributed by atoms with Crippen LogP contribution in [0.5, 0.6) is 0 Å². The number of hydrogen-bond acceptors (Lipinski definition) is 3. The Hall–Kier alpha value is -2.47. The largest absolute Gasteiger partial charge is 0.282 e. The van der Waals surface area contributed by atoms with Gasteiger partial charge in [-0.05, 0) is 29.8 Å². The number of benzene rings is 2. The Bertz CT molecular complexity index is 909. The van der Waals surface area contributed by atoms with Crippen molar-refractivity contribution < 1.29 is 12.8 Å². The van der Waals surface area contributed by atoms with Crippen LogP contribution in [-0.2, 0) is 15.8 Å². The zero-order chi connectivity index (χ0) is 15.6. The minimum atomic E-state index is -3.58. The highest BCUT2D eigenvalue weighted by Crippen LogP contribution is 2.18. The van der Waals surface area contributed by atoms with Crippen LogP contribution in [-0.4, -0.2) is 13.4 Å². The summed E-state index contributed by atoms with van der Waals surface area (Å²) in [6.45, 7) is 0. The smallest absolute Gasteiger partial charge is 0.236 e. The molecule has 0 aliphatic carbocycles. The third kappa shape index (κ3) is 3.40. The molecule has 1 heterocycles. The zero-order valence-corrected chi connectivity index (χ0v) is 12.3. The first-order valence-electron chi connectivity index (χ1n) is 6.62. The van der Waals surface area contributed by atoms with E-state index in [0.29, 0.717) is 11.3 Å². The summed E-state index contributed by atoms with van der Waals surface area (Å²) >= 11 is 0. The monoisotopic (exact) mass is 316 g/mol. The second-order valence-electron chi connectivity index (χ2n) is 4.90. The molecule has 0 unspecified atom stereocenters. The lowest BCUT2D eigenvalue weighted by Crippen LogP contribution is -2.15. The number of sulfonamides is 1. The highest BCUT2D eigenvalue weighted by Gasteiger charge is 2.12. The Balaban J connectivity index is 1.81. The highest BCUT2D eigenvalue weighted by molar-refractivity contribution is 7.91. The van der Waals surface area contributed by atoms with Crippen LogP contribution >= 0.6 is 0 Å². The highest BCUT2D eigenvalue weighted by atomic mass is 32.2. The van der Waals surface area contributed by atoms with Crippen molar-refractivity contribution in [2.24, 2.45) is 0 Å². The van der Waals surface area contributed by atoms with Gasteiger partial charge in [0, 0.05) is 5.39 Å². The number of aromatic nitrogens is 1. The first kappa shape index (κ1) is 14.5. The fourth-order valence-corrected chi connectivity index (χ4v) is 3.32. The summed E-state index contributed by atoms with van der Waals surface area (Å²) in [4.78, 5) is 4.21. The average Bonchev–Trinajstić information content (AvgIpc) is 2.49. The fourth-order valence-electron chi connectivity index (χ4n) is 2.14. The molecule has 0 aliphatic rings. The third-order valence-corrected chi connectivity index (χ3v) is 4.39. The molecule has 0 saturated carbocycles. The predicted molar refractivity (Wildman–Crippen MR) is 84.4 cm³/mol. The summed E-state index contributed by atoms with van der Waals surface area (Å²) in [5.74, 6) is -0.618. The van der Waals surface area contributed by atoms with Gasteiger partial charge in [-0.2, -0.15) is 0 Å². The Kier molecular flexibility index (Phi) is 3.77. The Labute approximate surface area is 127 Å². The molecule has 3 aromatic rings. The molecule has 0 atom stereocenters. The number of nitrogens with zero attached hydrogens (tertiary/aromatic N) is 1. The van der Waals surface area contributed by atoms with Crippen molar-refractivity contribution in [3.63, 3.8) is 0 Å². The maximum Gasteiger partial charge on any atom is 0.236 e.